The smallest absolute Gasteiger partial charge is 0.0818 e. The fourth-order valence-electron chi connectivity index (χ4n) is 3.14. The Balaban J connectivity index is 1.94. The molecule has 2 heterocycles. The third-order valence-corrected chi connectivity index (χ3v) is 4.19. The highest BCUT2D eigenvalue weighted by Crippen LogP contribution is 2.29. The number of aromatic nitrogens is 2. The zero-order valence-corrected chi connectivity index (χ0v) is 14.4. The van der Waals surface area contributed by atoms with Gasteiger partial charge < -0.3 is 9.47 Å². The second-order valence-electron chi connectivity index (χ2n) is 6.30. The lowest BCUT2D eigenvalue weighted by Gasteiger charge is -2.06. The van der Waals surface area contributed by atoms with Crippen molar-refractivity contribution >= 4 is 28.0 Å². The summed E-state index contributed by atoms with van der Waals surface area (Å²) in [4.78, 5) is 11.4. The van der Waals surface area contributed by atoms with E-state index in [4.69, 9.17) is 4.98 Å². The topological polar surface area (TPSA) is 33.4 Å². The molecule has 0 aliphatic carbocycles. The maximum absolute atomic E-state index is 4.71. The van der Waals surface area contributed by atoms with Gasteiger partial charge in [-0.3, -0.25) is 4.99 Å². The van der Waals surface area contributed by atoms with Crippen LogP contribution in [-0.2, 0) is 7.05 Å². The van der Waals surface area contributed by atoms with Crippen molar-refractivity contribution in [2.24, 2.45) is 12.0 Å². The molecule has 4 nitrogen and oxygen atoms in total. The molecule has 0 N–H and O–H groups in total. The Bertz CT molecular complexity index is 859. The van der Waals surface area contributed by atoms with E-state index in [1.54, 1.807) is 0 Å². The van der Waals surface area contributed by atoms with Crippen molar-refractivity contribution in [1.82, 2.24) is 14.5 Å². The third kappa shape index (κ3) is 3.13. The van der Waals surface area contributed by atoms with E-state index < -0.39 is 0 Å². The van der Waals surface area contributed by atoms with Crippen LogP contribution >= 0.6 is 0 Å². The van der Waals surface area contributed by atoms with Crippen LogP contribution in [0.4, 0.5) is 0 Å². The first-order valence-corrected chi connectivity index (χ1v) is 8.07. The first-order valence-electron chi connectivity index (χ1n) is 8.07. The lowest BCUT2D eigenvalue weighted by atomic mass is 10.1. The van der Waals surface area contributed by atoms with Gasteiger partial charge in [0, 0.05) is 36.1 Å². The van der Waals surface area contributed by atoms with Crippen LogP contribution in [0.15, 0.2) is 35.3 Å². The van der Waals surface area contributed by atoms with Gasteiger partial charge >= 0.3 is 0 Å². The van der Waals surface area contributed by atoms with Gasteiger partial charge in [0.2, 0.25) is 0 Å². The molecular formula is C19H24N4. The van der Waals surface area contributed by atoms with E-state index in [2.05, 4.69) is 72.9 Å². The van der Waals surface area contributed by atoms with Crippen LogP contribution in [0.1, 0.15) is 17.8 Å². The predicted molar refractivity (Wildman–Crippen MR) is 98.6 cm³/mol. The van der Waals surface area contributed by atoms with E-state index in [0.717, 1.165) is 30.9 Å². The van der Waals surface area contributed by atoms with Gasteiger partial charge in [-0.1, -0.05) is 18.2 Å². The number of hydrogen-bond donors (Lipinski definition) is 0. The van der Waals surface area contributed by atoms with E-state index in [1.807, 2.05) is 6.21 Å². The zero-order chi connectivity index (χ0) is 16.4. The van der Waals surface area contributed by atoms with Crippen LogP contribution in [0, 0.1) is 6.92 Å². The lowest BCUT2D eigenvalue weighted by Crippen LogP contribution is -2.13. The van der Waals surface area contributed by atoms with E-state index in [-0.39, 0.29) is 0 Å². The maximum atomic E-state index is 4.71. The van der Waals surface area contributed by atoms with E-state index in [9.17, 15) is 0 Å². The molecule has 0 fully saturated rings. The Morgan fingerprint density at radius 2 is 2.00 bits per heavy atom. The standard InChI is InChI=1S/C19H24N4/c1-14-19-17(16-8-5-6-9-18(16)23(19)4)12-15(21-14)13-20-10-7-11-22(2)3/h5-6,8-9,12-13H,7,10-11H2,1-4H3. The van der Waals surface area contributed by atoms with Crippen LogP contribution < -0.4 is 0 Å². The molecule has 0 spiro atoms. The molecule has 0 amide bonds. The Kier molecular flexibility index (Phi) is 4.44. The number of benzene rings is 1. The van der Waals surface area contributed by atoms with Crippen molar-refractivity contribution in [2.75, 3.05) is 27.2 Å². The highest BCUT2D eigenvalue weighted by Gasteiger charge is 2.11. The number of aliphatic imine (C=N–C) groups is 1. The Morgan fingerprint density at radius 1 is 1.22 bits per heavy atom. The third-order valence-electron chi connectivity index (χ3n) is 4.19. The average molecular weight is 308 g/mol. The van der Waals surface area contributed by atoms with Crippen molar-refractivity contribution in [3.63, 3.8) is 0 Å². The Hall–Kier alpha value is -2.20. The van der Waals surface area contributed by atoms with Gasteiger partial charge in [0.05, 0.1) is 16.9 Å². The fourth-order valence-corrected chi connectivity index (χ4v) is 3.14. The Labute approximate surface area is 137 Å². The van der Waals surface area contributed by atoms with E-state index in [0.29, 0.717) is 0 Å². The van der Waals surface area contributed by atoms with E-state index in [1.165, 1.54) is 21.8 Å². The summed E-state index contributed by atoms with van der Waals surface area (Å²) in [7, 11) is 6.28. The SMILES string of the molecule is Cc1nc(C=NCCCN(C)C)cc2c3ccccc3n(C)c12. The number of aryl methyl sites for hydroxylation is 2. The lowest BCUT2D eigenvalue weighted by molar-refractivity contribution is 0.403. The second kappa shape index (κ2) is 6.50. The van der Waals surface area contributed by atoms with Crippen molar-refractivity contribution < 1.29 is 0 Å². The summed E-state index contributed by atoms with van der Waals surface area (Å²) in [5.41, 5.74) is 4.44. The predicted octanol–water partition coefficient (Wildman–Crippen LogP) is 3.41. The summed E-state index contributed by atoms with van der Waals surface area (Å²) in [6, 6.07) is 10.7. The molecule has 0 aliphatic rings. The van der Waals surface area contributed by atoms with Gasteiger partial charge in [0.25, 0.3) is 0 Å². The summed E-state index contributed by atoms with van der Waals surface area (Å²) >= 11 is 0. The van der Waals surface area contributed by atoms with Crippen LogP contribution in [0.25, 0.3) is 21.8 Å². The fraction of sp³-hybridized carbons (Fsp3) is 0.368. The van der Waals surface area contributed by atoms with Crippen LogP contribution in [0.3, 0.4) is 0 Å². The van der Waals surface area contributed by atoms with Gasteiger partial charge in [0.1, 0.15) is 0 Å². The van der Waals surface area contributed by atoms with Crippen molar-refractivity contribution in [3.05, 3.63) is 41.7 Å². The minimum Gasteiger partial charge on any atom is -0.342 e. The molecule has 2 aromatic heterocycles. The minimum atomic E-state index is 0.840. The normalized spacial score (nSPS) is 12.2. The van der Waals surface area contributed by atoms with Gasteiger partial charge in [0.15, 0.2) is 0 Å². The summed E-state index contributed by atoms with van der Waals surface area (Å²) < 4.78 is 2.23. The van der Waals surface area contributed by atoms with E-state index >= 15 is 0 Å². The molecule has 0 bridgehead atoms. The molecule has 23 heavy (non-hydrogen) atoms. The number of rotatable bonds is 5. The quantitative estimate of drug-likeness (QED) is 0.534. The van der Waals surface area contributed by atoms with Crippen molar-refractivity contribution in [2.45, 2.75) is 13.3 Å². The molecule has 0 unspecified atom stereocenters. The van der Waals surface area contributed by atoms with Crippen LogP contribution in [0.2, 0.25) is 0 Å². The summed E-state index contributed by atoms with van der Waals surface area (Å²) in [5.74, 6) is 0. The summed E-state index contributed by atoms with van der Waals surface area (Å²) in [6.45, 7) is 3.98. The molecule has 0 saturated carbocycles. The molecule has 4 heteroatoms. The largest absolute Gasteiger partial charge is 0.342 e. The molecule has 1 aromatic carbocycles. The van der Waals surface area contributed by atoms with Crippen molar-refractivity contribution in [1.29, 1.82) is 0 Å². The van der Waals surface area contributed by atoms with Gasteiger partial charge in [-0.25, -0.2) is 4.98 Å². The Morgan fingerprint density at radius 3 is 2.78 bits per heavy atom. The number of para-hydroxylation sites is 1. The molecule has 3 aromatic rings. The molecule has 0 aliphatic heterocycles. The zero-order valence-electron chi connectivity index (χ0n) is 14.4. The summed E-state index contributed by atoms with van der Waals surface area (Å²) in [5, 5.41) is 2.53. The molecule has 0 radical (unpaired) electrons. The molecule has 120 valence electrons. The summed E-state index contributed by atoms with van der Waals surface area (Å²) in [6.07, 6.45) is 2.98. The molecule has 0 atom stereocenters. The minimum absolute atomic E-state index is 0.840. The van der Waals surface area contributed by atoms with Crippen LogP contribution in [0.5, 0.6) is 0 Å². The van der Waals surface area contributed by atoms with Crippen LogP contribution in [-0.4, -0.2) is 47.9 Å². The first-order chi connectivity index (χ1) is 11.1. The monoisotopic (exact) mass is 308 g/mol. The highest BCUT2D eigenvalue weighted by atomic mass is 15.0. The first kappa shape index (κ1) is 15.7. The van der Waals surface area contributed by atoms with Crippen molar-refractivity contribution in [3.8, 4) is 0 Å². The van der Waals surface area contributed by atoms with Gasteiger partial charge in [-0.2, -0.15) is 0 Å². The number of nitrogens with zero attached hydrogens (tertiary/aromatic N) is 4. The molecule has 0 saturated heterocycles. The second-order valence-corrected chi connectivity index (χ2v) is 6.30. The van der Waals surface area contributed by atoms with Gasteiger partial charge in [-0.15, -0.1) is 0 Å². The molecule has 3 rings (SSSR count). The highest BCUT2D eigenvalue weighted by molar-refractivity contribution is 6.09. The number of fused-ring (bicyclic) bond motifs is 3. The molecular weight excluding hydrogens is 284 g/mol. The number of pyridine rings is 1. The average Bonchev–Trinajstić information content (AvgIpc) is 2.81. The maximum Gasteiger partial charge on any atom is 0.0818 e. The van der Waals surface area contributed by atoms with Gasteiger partial charge in [-0.05, 0) is 46.1 Å². The number of hydrogen-bond acceptors (Lipinski definition) is 3.